The topological polar surface area (TPSA) is 78.9 Å². The molecule has 88 valence electrons. The molecule has 2 heterocycles. The number of rotatable bonds is 0. The van der Waals surface area contributed by atoms with E-state index in [9.17, 15) is 9.90 Å². The van der Waals surface area contributed by atoms with E-state index in [1.165, 1.54) is 4.57 Å². The maximum Gasteiger partial charge on any atom is 0.262 e. The third-order valence-corrected chi connectivity index (χ3v) is 3.04. The van der Waals surface area contributed by atoms with E-state index < -0.39 is 0 Å². The van der Waals surface area contributed by atoms with Crippen LogP contribution in [0.25, 0.3) is 16.5 Å². The van der Waals surface area contributed by atoms with E-state index in [1.54, 1.807) is 12.1 Å². The van der Waals surface area contributed by atoms with Crippen molar-refractivity contribution in [3.8, 4) is 6.07 Å². The van der Waals surface area contributed by atoms with Gasteiger partial charge in [0.25, 0.3) is 5.56 Å². The molecule has 0 atom stereocenters. The Bertz CT molecular complexity index is 809. The highest BCUT2D eigenvalue weighted by Gasteiger charge is 2.24. The molecule has 1 aromatic heterocycles. The molecular weight excluding hydrogens is 230 g/mol. The van der Waals surface area contributed by atoms with Crippen molar-refractivity contribution < 1.29 is 5.11 Å². The Morgan fingerprint density at radius 1 is 1.50 bits per heavy atom. The van der Waals surface area contributed by atoms with Crippen molar-refractivity contribution in [2.24, 2.45) is 0 Å². The van der Waals surface area contributed by atoms with Crippen LogP contribution in [0, 0.1) is 18.3 Å². The fraction of sp³-hybridized carbons (Fsp3) is 0.154. The first-order valence-electron chi connectivity index (χ1n) is 5.45. The molecule has 5 nitrogen and oxygen atoms in total. The van der Waals surface area contributed by atoms with E-state index in [4.69, 9.17) is 5.26 Å². The van der Waals surface area contributed by atoms with Gasteiger partial charge in [-0.2, -0.15) is 5.26 Å². The summed E-state index contributed by atoms with van der Waals surface area (Å²) in [6.45, 7) is 1.92. The minimum atomic E-state index is -0.226. The van der Waals surface area contributed by atoms with Crippen LogP contribution < -0.4 is 5.56 Å². The maximum absolute atomic E-state index is 12.3. The first kappa shape index (κ1) is 10.5. The van der Waals surface area contributed by atoms with Gasteiger partial charge < -0.3 is 5.11 Å². The average Bonchev–Trinajstić information content (AvgIpc) is 2.67. The fourth-order valence-corrected chi connectivity index (χ4v) is 2.14. The maximum atomic E-state index is 12.3. The Balaban J connectivity index is 2.43. The second-order valence-corrected chi connectivity index (χ2v) is 4.28. The summed E-state index contributed by atoms with van der Waals surface area (Å²) in [5.41, 5.74) is 1.36. The number of fused-ring (bicyclic) bond motifs is 2. The molecule has 0 aliphatic carbocycles. The van der Waals surface area contributed by atoms with Crippen LogP contribution in [0.3, 0.4) is 0 Å². The zero-order chi connectivity index (χ0) is 12.9. The van der Waals surface area contributed by atoms with Crippen molar-refractivity contribution in [1.29, 1.82) is 5.26 Å². The summed E-state index contributed by atoms with van der Waals surface area (Å²) in [6, 6.07) is 7.25. The number of hydrogen-bond donors (Lipinski definition) is 1. The van der Waals surface area contributed by atoms with Crippen molar-refractivity contribution in [1.82, 2.24) is 9.55 Å². The summed E-state index contributed by atoms with van der Waals surface area (Å²) in [4.78, 5) is 16.5. The number of hydrogen-bond acceptors (Lipinski definition) is 4. The molecule has 5 heteroatoms. The Kier molecular flexibility index (Phi) is 2.01. The van der Waals surface area contributed by atoms with Crippen LogP contribution in [0.2, 0.25) is 0 Å². The molecule has 3 rings (SSSR count). The first-order chi connectivity index (χ1) is 8.61. The Morgan fingerprint density at radius 2 is 2.28 bits per heavy atom. The minimum Gasteiger partial charge on any atom is -0.509 e. The second kappa shape index (κ2) is 3.44. The van der Waals surface area contributed by atoms with Crippen molar-refractivity contribution in [3.63, 3.8) is 0 Å². The van der Waals surface area contributed by atoms with Crippen LogP contribution in [-0.2, 0) is 6.54 Å². The summed E-state index contributed by atoms with van der Waals surface area (Å²) >= 11 is 0. The molecule has 2 aromatic rings. The molecule has 0 radical (unpaired) electrons. The number of benzene rings is 1. The highest BCUT2D eigenvalue weighted by atomic mass is 16.3. The van der Waals surface area contributed by atoms with Crippen molar-refractivity contribution >= 4 is 16.5 Å². The third kappa shape index (κ3) is 1.26. The molecule has 0 spiro atoms. The van der Waals surface area contributed by atoms with Gasteiger partial charge in [-0.05, 0) is 19.1 Å². The first-order valence-corrected chi connectivity index (χ1v) is 5.45. The molecule has 0 saturated heterocycles. The van der Waals surface area contributed by atoms with E-state index in [0.717, 1.165) is 5.56 Å². The monoisotopic (exact) mass is 239 g/mol. The van der Waals surface area contributed by atoms with Crippen LogP contribution in [0.1, 0.15) is 11.4 Å². The fourth-order valence-electron chi connectivity index (χ4n) is 2.14. The molecule has 0 fully saturated rings. The number of aromatic nitrogens is 2. The van der Waals surface area contributed by atoms with Crippen molar-refractivity contribution in [3.05, 3.63) is 45.7 Å². The molecule has 18 heavy (non-hydrogen) atoms. The Labute approximate surface area is 102 Å². The van der Waals surface area contributed by atoms with Gasteiger partial charge in [-0.25, -0.2) is 4.98 Å². The second-order valence-electron chi connectivity index (χ2n) is 4.28. The highest BCUT2D eigenvalue weighted by molar-refractivity contribution is 5.83. The number of aryl methyl sites for hydroxylation is 1. The van der Waals surface area contributed by atoms with Crippen LogP contribution in [-0.4, -0.2) is 14.7 Å². The van der Waals surface area contributed by atoms with Gasteiger partial charge in [0, 0.05) is 0 Å². The van der Waals surface area contributed by atoms with E-state index in [0.29, 0.717) is 10.9 Å². The Morgan fingerprint density at radius 3 is 3.00 bits per heavy atom. The molecule has 1 aliphatic rings. The molecule has 0 amide bonds. The van der Waals surface area contributed by atoms with Gasteiger partial charge in [-0.3, -0.25) is 9.36 Å². The molecule has 0 unspecified atom stereocenters. The number of aliphatic hydroxyl groups excluding tert-OH is 1. The lowest BCUT2D eigenvalue weighted by atomic mass is 10.1. The van der Waals surface area contributed by atoms with Crippen LogP contribution in [0.4, 0.5) is 0 Å². The largest absolute Gasteiger partial charge is 0.509 e. The van der Waals surface area contributed by atoms with Gasteiger partial charge in [0.05, 0.1) is 17.4 Å². The summed E-state index contributed by atoms with van der Waals surface area (Å²) in [5.74, 6) is 0.144. The van der Waals surface area contributed by atoms with Crippen LogP contribution in [0.15, 0.2) is 28.8 Å². The quantitative estimate of drug-likeness (QED) is 0.755. The summed E-state index contributed by atoms with van der Waals surface area (Å²) < 4.78 is 1.33. The zero-order valence-electron chi connectivity index (χ0n) is 9.64. The SMILES string of the molecule is Cc1ccc2nc3n(c(=O)c2c1)CC(O)=C3C#N. The summed E-state index contributed by atoms with van der Waals surface area (Å²) in [6.07, 6.45) is 0. The van der Waals surface area contributed by atoms with E-state index >= 15 is 0 Å². The standard InChI is InChI=1S/C13H9N3O2/c1-7-2-3-10-8(4-7)13(18)16-6-11(17)9(5-14)12(16)15-10/h2-4,17H,6H2,1H3. The predicted molar refractivity (Wildman–Crippen MR) is 65.9 cm³/mol. The van der Waals surface area contributed by atoms with E-state index in [-0.39, 0.29) is 29.3 Å². The van der Waals surface area contributed by atoms with Crippen molar-refractivity contribution in [2.45, 2.75) is 13.5 Å². The lowest BCUT2D eigenvalue weighted by Gasteiger charge is -2.05. The molecule has 1 aromatic carbocycles. The van der Waals surface area contributed by atoms with Gasteiger partial charge in [-0.15, -0.1) is 0 Å². The summed E-state index contributed by atoms with van der Waals surface area (Å²) in [5, 5.41) is 19.1. The van der Waals surface area contributed by atoms with E-state index in [1.807, 2.05) is 19.1 Å². The molecule has 0 saturated carbocycles. The van der Waals surface area contributed by atoms with E-state index in [2.05, 4.69) is 4.98 Å². The summed E-state index contributed by atoms with van der Waals surface area (Å²) in [7, 11) is 0. The zero-order valence-corrected chi connectivity index (χ0v) is 9.64. The predicted octanol–water partition coefficient (Wildman–Crippen LogP) is 1.51. The Hall–Kier alpha value is -2.61. The van der Waals surface area contributed by atoms with Gasteiger partial charge in [-0.1, -0.05) is 11.6 Å². The molecule has 1 aliphatic heterocycles. The van der Waals surface area contributed by atoms with Crippen LogP contribution in [0.5, 0.6) is 0 Å². The molecule has 0 bridgehead atoms. The average molecular weight is 239 g/mol. The normalized spacial score (nSPS) is 13.8. The smallest absolute Gasteiger partial charge is 0.262 e. The van der Waals surface area contributed by atoms with Crippen molar-refractivity contribution in [2.75, 3.05) is 0 Å². The van der Waals surface area contributed by atoms with Crippen LogP contribution >= 0.6 is 0 Å². The lowest BCUT2D eigenvalue weighted by molar-refractivity contribution is 0.386. The number of nitrogens with zero attached hydrogens (tertiary/aromatic N) is 3. The van der Waals surface area contributed by atoms with Gasteiger partial charge >= 0.3 is 0 Å². The minimum absolute atomic E-state index is 0.0218. The lowest BCUT2D eigenvalue weighted by Crippen LogP contribution is -2.22. The number of aliphatic hydroxyl groups is 1. The van der Waals surface area contributed by atoms with Gasteiger partial charge in [0.1, 0.15) is 17.4 Å². The molecular formula is C13H9N3O2. The third-order valence-electron chi connectivity index (χ3n) is 3.04. The molecule has 1 N–H and O–H groups in total. The van der Waals surface area contributed by atoms with Gasteiger partial charge in [0.2, 0.25) is 0 Å². The number of allylic oxidation sites excluding steroid dienone is 2. The highest BCUT2D eigenvalue weighted by Crippen LogP contribution is 2.24. The number of nitriles is 1. The van der Waals surface area contributed by atoms with Gasteiger partial charge in [0.15, 0.2) is 5.82 Å².